The van der Waals surface area contributed by atoms with Gasteiger partial charge in [-0.2, -0.15) is 0 Å². The summed E-state index contributed by atoms with van der Waals surface area (Å²) in [6.07, 6.45) is 2.37. The van der Waals surface area contributed by atoms with E-state index >= 15 is 0 Å². The Morgan fingerprint density at radius 1 is 1.41 bits per heavy atom. The van der Waals surface area contributed by atoms with Crippen LogP contribution in [0.4, 0.5) is 0 Å². The van der Waals surface area contributed by atoms with Crippen LogP contribution >= 0.6 is 15.9 Å². The Morgan fingerprint density at radius 3 is 2.82 bits per heavy atom. The van der Waals surface area contributed by atoms with Gasteiger partial charge in [-0.05, 0) is 52.2 Å². The van der Waals surface area contributed by atoms with E-state index in [1.807, 2.05) is 30.3 Å². The SMILES string of the molecule is COc1ccc(CC(N)c2ccco2)cc1Br. The van der Waals surface area contributed by atoms with Gasteiger partial charge in [-0.15, -0.1) is 0 Å². The number of nitrogens with two attached hydrogens (primary N) is 1. The fourth-order valence-electron chi connectivity index (χ4n) is 1.69. The van der Waals surface area contributed by atoms with Crippen LogP contribution in [-0.2, 0) is 6.42 Å². The first-order valence-electron chi connectivity index (χ1n) is 5.32. The van der Waals surface area contributed by atoms with E-state index in [9.17, 15) is 0 Å². The third kappa shape index (κ3) is 2.90. The highest BCUT2D eigenvalue weighted by Crippen LogP contribution is 2.27. The van der Waals surface area contributed by atoms with Gasteiger partial charge in [0.1, 0.15) is 11.5 Å². The van der Waals surface area contributed by atoms with Crippen LogP contribution in [0.2, 0.25) is 0 Å². The van der Waals surface area contributed by atoms with Crippen molar-refractivity contribution in [3.63, 3.8) is 0 Å². The molecule has 0 saturated carbocycles. The Kier molecular flexibility index (Phi) is 3.86. The van der Waals surface area contributed by atoms with Crippen LogP contribution in [0.25, 0.3) is 0 Å². The van der Waals surface area contributed by atoms with Crippen molar-refractivity contribution < 1.29 is 9.15 Å². The third-order valence-electron chi connectivity index (χ3n) is 2.58. The lowest BCUT2D eigenvalue weighted by molar-refractivity contribution is 0.411. The molecule has 2 rings (SSSR count). The topological polar surface area (TPSA) is 48.4 Å². The zero-order valence-electron chi connectivity index (χ0n) is 9.52. The van der Waals surface area contributed by atoms with Gasteiger partial charge >= 0.3 is 0 Å². The molecule has 0 amide bonds. The summed E-state index contributed by atoms with van der Waals surface area (Å²) in [6.45, 7) is 0. The fraction of sp³-hybridized carbons (Fsp3) is 0.231. The highest BCUT2D eigenvalue weighted by Gasteiger charge is 2.10. The highest BCUT2D eigenvalue weighted by atomic mass is 79.9. The number of methoxy groups -OCH3 is 1. The minimum absolute atomic E-state index is 0.120. The smallest absolute Gasteiger partial charge is 0.133 e. The predicted molar refractivity (Wildman–Crippen MR) is 70.0 cm³/mol. The Balaban J connectivity index is 2.11. The van der Waals surface area contributed by atoms with E-state index < -0.39 is 0 Å². The summed E-state index contributed by atoms with van der Waals surface area (Å²) in [4.78, 5) is 0. The first-order valence-corrected chi connectivity index (χ1v) is 6.11. The number of hydrogen-bond acceptors (Lipinski definition) is 3. The molecule has 17 heavy (non-hydrogen) atoms. The van der Waals surface area contributed by atoms with E-state index in [1.54, 1.807) is 13.4 Å². The van der Waals surface area contributed by atoms with Crippen molar-refractivity contribution in [1.29, 1.82) is 0 Å². The number of benzene rings is 1. The summed E-state index contributed by atoms with van der Waals surface area (Å²) in [5.74, 6) is 1.62. The standard InChI is InChI=1S/C13H14BrNO2/c1-16-12-5-4-9(7-10(12)14)8-11(15)13-3-2-6-17-13/h2-7,11H,8,15H2,1H3. The molecular formula is C13H14BrNO2. The molecule has 1 atom stereocenters. The van der Waals surface area contributed by atoms with Crippen LogP contribution in [0.15, 0.2) is 45.5 Å². The van der Waals surface area contributed by atoms with Crippen molar-refractivity contribution in [2.24, 2.45) is 5.73 Å². The van der Waals surface area contributed by atoms with Crippen molar-refractivity contribution in [2.45, 2.75) is 12.5 Å². The lowest BCUT2D eigenvalue weighted by atomic mass is 10.0. The van der Waals surface area contributed by atoms with Crippen LogP contribution in [0.3, 0.4) is 0 Å². The van der Waals surface area contributed by atoms with Gasteiger partial charge in [0.15, 0.2) is 0 Å². The molecule has 3 nitrogen and oxygen atoms in total. The molecule has 0 fully saturated rings. The number of halogens is 1. The van der Waals surface area contributed by atoms with Crippen LogP contribution in [0, 0.1) is 0 Å². The average molecular weight is 296 g/mol. The van der Waals surface area contributed by atoms with E-state index in [2.05, 4.69) is 15.9 Å². The van der Waals surface area contributed by atoms with Gasteiger partial charge < -0.3 is 14.9 Å². The maximum atomic E-state index is 6.05. The van der Waals surface area contributed by atoms with Gasteiger partial charge in [-0.25, -0.2) is 0 Å². The van der Waals surface area contributed by atoms with Gasteiger partial charge in [-0.1, -0.05) is 6.07 Å². The zero-order chi connectivity index (χ0) is 12.3. The predicted octanol–water partition coefficient (Wildman–Crippen LogP) is 3.29. The van der Waals surface area contributed by atoms with E-state index in [0.717, 1.165) is 28.0 Å². The Morgan fingerprint density at radius 2 is 2.24 bits per heavy atom. The van der Waals surface area contributed by atoms with Crippen LogP contribution in [-0.4, -0.2) is 7.11 Å². The van der Waals surface area contributed by atoms with Crippen molar-refractivity contribution in [3.05, 3.63) is 52.4 Å². The summed E-state index contributed by atoms with van der Waals surface area (Å²) in [6, 6.07) is 9.57. The summed E-state index contributed by atoms with van der Waals surface area (Å²) in [7, 11) is 1.65. The molecule has 1 unspecified atom stereocenters. The maximum absolute atomic E-state index is 6.05. The van der Waals surface area contributed by atoms with Gasteiger partial charge in [-0.3, -0.25) is 0 Å². The van der Waals surface area contributed by atoms with Crippen molar-refractivity contribution in [3.8, 4) is 5.75 Å². The zero-order valence-corrected chi connectivity index (χ0v) is 11.1. The van der Waals surface area contributed by atoms with Crippen molar-refractivity contribution in [2.75, 3.05) is 7.11 Å². The maximum Gasteiger partial charge on any atom is 0.133 e. The van der Waals surface area contributed by atoms with Crippen molar-refractivity contribution in [1.82, 2.24) is 0 Å². The molecule has 0 aliphatic rings. The van der Waals surface area contributed by atoms with Crippen molar-refractivity contribution >= 4 is 15.9 Å². The lowest BCUT2D eigenvalue weighted by Gasteiger charge is -2.10. The second kappa shape index (κ2) is 5.38. The molecule has 2 N–H and O–H groups in total. The first-order chi connectivity index (χ1) is 8.20. The normalized spacial score (nSPS) is 12.4. The highest BCUT2D eigenvalue weighted by molar-refractivity contribution is 9.10. The molecule has 1 heterocycles. The van der Waals surface area contributed by atoms with Gasteiger partial charge in [0.25, 0.3) is 0 Å². The molecule has 0 saturated heterocycles. The number of ether oxygens (including phenoxy) is 1. The molecule has 1 aromatic heterocycles. The molecule has 0 radical (unpaired) electrons. The number of hydrogen-bond donors (Lipinski definition) is 1. The Labute approximate surface area is 109 Å². The molecule has 2 aromatic rings. The average Bonchev–Trinajstić information content (AvgIpc) is 2.82. The van der Waals surface area contributed by atoms with E-state index in [1.165, 1.54) is 0 Å². The summed E-state index contributed by atoms with van der Waals surface area (Å²) >= 11 is 3.46. The molecular weight excluding hydrogens is 282 g/mol. The molecule has 0 bridgehead atoms. The van der Waals surface area contributed by atoms with Crippen LogP contribution in [0.5, 0.6) is 5.75 Å². The molecule has 0 aliphatic heterocycles. The minimum Gasteiger partial charge on any atom is -0.496 e. The van der Waals surface area contributed by atoms with E-state index in [0.29, 0.717) is 0 Å². The summed E-state index contributed by atoms with van der Waals surface area (Å²) < 4.78 is 11.4. The quantitative estimate of drug-likeness (QED) is 0.941. The number of rotatable bonds is 4. The molecule has 90 valence electrons. The number of furan rings is 1. The third-order valence-corrected chi connectivity index (χ3v) is 3.20. The Hall–Kier alpha value is -1.26. The lowest BCUT2D eigenvalue weighted by Crippen LogP contribution is -2.12. The molecule has 0 spiro atoms. The molecule has 0 aliphatic carbocycles. The second-order valence-corrected chi connectivity index (χ2v) is 4.65. The molecule has 1 aromatic carbocycles. The Bertz CT molecular complexity index is 482. The largest absolute Gasteiger partial charge is 0.496 e. The second-order valence-electron chi connectivity index (χ2n) is 3.79. The van der Waals surface area contributed by atoms with Gasteiger partial charge in [0.2, 0.25) is 0 Å². The molecule has 4 heteroatoms. The van der Waals surface area contributed by atoms with Crippen LogP contribution in [0.1, 0.15) is 17.4 Å². The first kappa shape index (κ1) is 12.2. The van der Waals surface area contributed by atoms with Crippen LogP contribution < -0.4 is 10.5 Å². The van der Waals surface area contributed by atoms with Gasteiger partial charge in [0.05, 0.1) is 23.9 Å². The van der Waals surface area contributed by atoms with E-state index in [4.69, 9.17) is 14.9 Å². The summed E-state index contributed by atoms with van der Waals surface area (Å²) in [5.41, 5.74) is 7.19. The van der Waals surface area contributed by atoms with E-state index in [-0.39, 0.29) is 6.04 Å². The monoisotopic (exact) mass is 295 g/mol. The summed E-state index contributed by atoms with van der Waals surface area (Å²) in [5, 5.41) is 0. The minimum atomic E-state index is -0.120. The fourth-order valence-corrected chi connectivity index (χ4v) is 2.28. The van der Waals surface area contributed by atoms with Gasteiger partial charge in [0, 0.05) is 0 Å².